The molecule has 2 aromatic heterocycles. The summed E-state index contributed by atoms with van der Waals surface area (Å²) in [5.41, 5.74) is 5.07. The number of methoxy groups -OCH3 is 1. The average molecular weight is 439 g/mol. The van der Waals surface area contributed by atoms with Crippen molar-refractivity contribution < 1.29 is 9.47 Å². The Morgan fingerprint density at radius 3 is 2.74 bits per heavy atom. The highest BCUT2D eigenvalue weighted by molar-refractivity contribution is 7.71. The van der Waals surface area contributed by atoms with Crippen LogP contribution in [0.15, 0.2) is 48.5 Å². The lowest BCUT2D eigenvalue weighted by Gasteiger charge is -2.13. The van der Waals surface area contributed by atoms with Gasteiger partial charge in [-0.25, -0.2) is 4.68 Å². The van der Waals surface area contributed by atoms with Gasteiger partial charge in [-0.1, -0.05) is 36.3 Å². The maximum atomic E-state index is 5.95. The lowest BCUT2D eigenvalue weighted by Crippen LogP contribution is -2.17. The fraction of sp³-hybridized carbons (Fsp3) is 0.250. The topological polar surface area (TPSA) is 108 Å². The number of nitrogens with one attached hydrogen (secondary N) is 2. The van der Waals surface area contributed by atoms with Crippen LogP contribution in [0, 0.1) is 4.77 Å². The second-order valence-electron chi connectivity index (χ2n) is 6.66. The predicted molar refractivity (Wildman–Crippen MR) is 117 cm³/mol. The zero-order chi connectivity index (χ0) is 21.6. The van der Waals surface area contributed by atoms with Gasteiger partial charge < -0.3 is 14.9 Å². The molecule has 0 amide bonds. The molecule has 0 spiro atoms. The first-order valence-electron chi connectivity index (χ1n) is 9.78. The van der Waals surface area contributed by atoms with E-state index in [9.17, 15) is 0 Å². The van der Waals surface area contributed by atoms with Crippen LogP contribution in [0.5, 0.6) is 17.5 Å². The molecular weight excluding hydrogens is 416 g/mol. The van der Waals surface area contributed by atoms with Crippen molar-refractivity contribution in [3.8, 4) is 23.2 Å². The number of nitrogens with zero attached hydrogens (tertiary/aromatic N) is 6. The van der Waals surface area contributed by atoms with Crippen molar-refractivity contribution in [2.75, 3.05) is 12.5 Å². The Labute approximate surface area is 183 Å². The Balaban J connectivity index is 1.52. The number of ether oxygens (including phenoxy) is 2. The minimum absolute atomic E-state index is 0.240. The zero-order valence-electron chi connectivity index (χ0n) is 17.1. The lowest BCUT2D eigenvalue weighted by molar-refractivity contribution is 0.363. The molecule has 160 valence electrons. The second kappa shape index (κ2) is 9.39. The van der Waals surface area contributed by atoms with Crippen LogP contribution in [0.3, 0.4) is 0 Å². The number of hydrogen-bond donors (Lipinski definition) is 2. The maximum Gasteiger partial charge on any atom is 0.346 e. The first-order valence-corrected chi connectivity index (χ1v) is 10.2. The fourth-order valence-corrected chi connectivity index (χ4v) is 3.25. The van der Waals surface area contributed by atoms with Crippen molar-refractivity contribution in [1.29, 1.82) is 0 Å². The standard InChI is InChI=1S/C20H22N8O2S/c1-3-7-18-22-24-20(31)28(18)21-13-14-10-11-16(17(12-14)29-2)30-19-23-25-26-27(19)15-8-5-4-6-9-15/h4-6,8-12,21H,3,7,13H2,1-2H3,(H,24,31). The minimum Gasteiger partial charge on any atom is -0.493 e. The number of rotatable bonds is 9. The van der Waals surface area contributed by atoms with Crippen molar-refractivity contribution in [3.05, 3.63) is 64.7 Å². The molecule has 4 aromatic rings. The van der Waals surface area contributed by atoms with Crippen LogP contribution in [0.25, 0.3) is 5.69 Å². The smallest absolute Gasteiger partial charge is 0.346 e. The lowest BCUT2D eigenvalue weighted by atomic mass is 10.2. The quantitative estimate of drug-likeness (QED) is 0.383. The summed E-state index contributed by atoms with van der Waals surface area (Å²) in [6.45, 7) is 2.63. The molecule has 0 fully saturated rings. The summed E-state index contributed by atoms with van der Waals surface area (Å²) in [5.74, 6) is 1.93. The van der Waals surface area contributed by atoms with Gasteiger partial charge in [0.1, 0.15) is 0 Å². The number of H-pyrrole nitrogens is 1. The summed E-state index contributed by atoms with van der Waals surface area (Å²) in [7, 11) is 1.59. The number of benzene rings is 2. The Hall–Kier alpha value is -3.73. The minimum atomic E-state index is 0.240. The first-order chi connectivity index (χ1) is 15.2. The Morgan fingerprint density at radius 2 is 1.97 bits per heavy atom. The van der Waals surface area contributed by atoms with Gasteiger partial charge in [-0.15, -0.1) is 0 Å². The number of hydrogen-bond acceptors (Lipinski definition) is 8. The molecule has 0 unspecified atom stereocenters. The molecule has 0 saturated carbocycles. The van der Waals surface area contributed by atoms with Crippen LogP contribution in [0.2, 0.25) is 0 Å². The van der Waals surface area contributed by atoms with Crippen molar-refractivity contribution in [1.82, 2.24) is 35.1 Å². The highest BCUT2D eigenvalue weighted by atomic mass is 32.1. The third-order valence-electron chi connectivity index (χ3n) is 4.53. The van der Waals surface area contributed by atoms with Crippen molar-refractivity contribution in [2.45, 2.75) is 26.3 Å². The van der Waals surface area contributed by atoms with Crippen LogP contribution in [0.4, 0.5) is 0 Å². The van der Waals surface area contributed by atoms with Gasteiger partial charge in [-0.3, -0.25) is 5.10 Å². The second-order valence-corrected chi connectivity index (χ2v) is 7.05. The van der Waals surface area contributed by atoms with E-state index >= 15 is 0 Å². The van der Waals surface area contributed by atoms with Gasteiger partial charge in [-0.2, -0.15) is 9.78 Å². The number of aryl methyl sites for hydroxylation is 1. The molecule has 2 N–H and O–H groups in total. The van der Waals surface area contributed by atoms with E-state index < -0.39 is 0 Å². The summed E-state index contributed by atoms with van der Waals surface area (Å²) in [5, 5.41) is 18.8. The Morgan fingerprint density at radius 1 is 1.13 bits per heavy atom. The highest BCUT2D eigenvalue weighted by Gasteiger charge is 2.14. The van der Waals surface area contributed by atoms with Crippen LogP contribution in [-0.4, -0.2) is 42.2 Å². The Kier molecular flexibility index (Phi) is 6.22. The molecule has 2 aromatic carbocycles. The summed E-state index contributed by atoms with van der Waals surface area (Å²) < 4.78 is 15.3. The van der Waals surface area contributed by atoms with Gasteiger partial charge in [0.25, 0.3) is 0 Å². The summed E-state index contributed by atoms with van der Waals surface area (Å²) in [6.07, 6.45) is 1.80. The van der Waals surface area contributed by atoms with Crippen LogP contribution < -0.4 is 14.9 Å². The molecule has 0 bridgehead atoms. The first kappa shape index (κ1) is 20.5. The third-order valence-corrected chi connectivity index (χ3v) is 4.80. The third kappa shape index (κ3) is 4.56. The van der Waals surface area contributed by atoms with E-state index in [1.807, 2.05) is 48.5 Å². The molecule has 2 heterocycles. The normalized spacial score (nSPS) is 10.8. The molecule has 4 rings (SSSR count). The molecular formula is C20H22N8O2S. The van der Waals surface area contributed by atoms with E-state index in [2.05, 4.69) is 38.1 Å². The molecule has 0 aliphatic heterocycles. The van der Waals surface area contributed by atoms with Crippen LogP contribution in [-0.2, 0) is 13.0 Å². The van der Waals surface area contributed by atoms with Crippen LogP contribution >= 0.6 is 12.2 Å². The van der Waals surface area contributed by atoms with E-state index in [4.69, 9.17) is 21.7 Å². The molecule has 0 saturated heterocycles. The number of para-hydroxylation sites is 1. The van der Waals surface area contributed by atoms with Gasteiger partial charge >= 0.3 is 6.01 Å². The molecule has 0 aliphatic carbocycles. The molecule has 0 aliphatic rings. The number of tetrazole rings is 1. The SMILES string of the molecule is CCCc1n[nH]c(=S)n1NCc1ccc(Oc2nnnn2-c2ccccc2)c(OC)c1. The van der Waals surface area contributed by atoms with E-state index in [1.165, 1.54) is 4.68 Å². The van der Waals surface area contributed by atoms with E-state index in [1.54, 1.807) is 11.8 Å². The van der Waals surface area contributed by atoms with E-state index in [0.29, 0.717) is 22.8 Å². The fourth-order valence-electron chi connectivity index (χ4n) is 3.03. The monoisotopic (exact) mass is 438 g/mol. The molecule has 0 atom stereocenters. The maximum absolute atomic E-state index is 5.95. The molecule has 11 heteroatoms. The van der Waals surface area contributed by atoms with Gasteiger partial charge in [0, 0.05) is 6.42 Å². The predicted octanol–water partition coefficient (Wildman–Crippen LogP) is 3.41. The highest BCUT2D eigenvalue weighted by Crippen LogP contribution is 2.32. The molecule has 10 nitrogen and oxygen atoms in total. The summed E-state index contributed by atoms with van der Waals surface area (Å²) in [4.78, 5) is 0. The van der Waals surface area contributed by atoms with Crippen LogP contribution in [0.1, 0.15) is 24.7 Å². The van der Waals surface area contributed by atoms with Gasteiger partial charge in [-0.05, 0) is 58.9 Å². The van der Waals surface area contributed by atoms with Crippen molar-refractivity contribution >= 4 is 12.2 Å². The largest absolute Gasteiger partial charge is 0.493 e. The van der Waals surface area contributed by atoms with Gasteiger partial charge in [0.15, 0.2) is 17.3 Å². The zero-order valence-corrected chi connectivity index (χ0v) is 18.0. The molecule has 0 radical (unpaired) electrons. The summed E-state index contributed by atoms with van der Waals surface area (Å²) >= 11 is 5.31. The Bertz CT molecular complexity index is 1200. The van der Waals surface area contributed by atoms with Crippen molar-refractivity contribution in [3.63, 3.8) is 0 Å². The summed E-state index contributed by atoms with van der Waals surface area (Å²) in [6, 6.07) is 15.4. The van der Waals surface area contributed by atoms with E-state index in [0.717, 1.165) is 29.9 Å². The molecule has 31 heavy (non-hydrogen) atoms. The average Bonchev–Trinajstić information content (AvgIpc) is 3.40. The van der Waals surface area contributed by atoms with E-state index in [-0.39, 0.29) is 6.01 Å². The van der Waals surface area contributed by atoms with Gasteiger partial charge in [0.2, 0.25) is 4.77 Å². The van der Waals surface area contributed by atoms with Gasteiger partial charge in [0.05, 0.1) is 19.3 Å². The number of aromatic nitrogens is 7. The number of aromatic amines is 1. The van der Waals surface area contributed by atoms with Crippen molar-refractivity contribution in [2.24, 2.45) is 0 Å².